The molecule has 0 unspecified atom stereocenters. The number of hydrogen-bond acceptors (Lipinski definition) is 5. The topological polar surface area (TPSA) is 75.9 Å². The van der Waals surface area contributed by atoms with Gasteiger partial charge in [0.05, 0.1) is 13.7 Å². The first-order valence-corrected chi connectivity index (χ1v) is 11.5. The van der Waals surface area contributed by atoms with Crippen molar-refractivity contribution in [2.45, 2.75) is 20.4 Å². The zero-order valence-corrected chi connectivity index (χ0v) is 20.5. The fraction of sp³-hybridized carbons (Fsp3) is 0.320. The number of nitrogens with one attached hydrogen (secondary N) is 1. The molecule has 0 fully saturated rings. The van der Waals surface area contributed by atoms with Crippen molar-refractivity contribution in [1.29, 1.82) is 0 Å². The molecule has 2 aromatic carbocycles. The molecule has 1 heterocycles. The van der Waals surface area contributed by atoms with E-state index in [0.29, 0.717) is 34.8 Å². The van der Waals surface area contributed by atoms with Crippen LogP contribution < -0.4 is 14.9 Å². The van der Waals surface area contributed by atoms with E-state index in [4.69, 9.17) is 4.74 Å². The maximum absolute atomic E-state index is 12.9. The summed E-state index contributed by atoms with van der Waals surface area (Å²) in [7, 11) is 5.50. The van der Waals surface area contributed by atoms with E-state index < -0.39 is 0 Å². The van der Waals surface area contributed by atoms with Gasteiger partial charge >= 0.3 is 0 Å². The lowest BCUT2D eigenvalue weighted by atomic mass is 10.1. The minimum absolute atomic E-state index is 0.108. The Morgan fingerprint density at radius 1 is 1.12 bits per heavy atom. The van der Waals surface area contributed by atoms with Gasteiger partial charge in [-0.3, -0.25) is 9.59 Å². The normalized spacial score (nSPS) is 11.6. The number of thiazole rings is 1. The van der Waals surface area contributed by atoms with Gasteiger partial charge in [-0.25, -0.2) is 0 Å². The number of ether oxygens (including phenoxy) is 1. The van der Waals surface area contributed by atoms with E-state index in [1.807, 2.05) is 61.7 Å². The summed E-state index contributed by atoms with van der Waals surface area (Å²) in [6, 6.07) is 14.5. The number of aryl methyl sites for hydroxylation is 1. The molecule has 33 heavy (non-hydrogen) atoms. The molecular formula is C25H30N4O3S. The lowest BCUT2D eigenvalue weighted by molar-refractivity contribution is 0.0948. The third-order valence-corrected chi connectivity index (χ3v) is 6.43. The van der Waals surface area contributed by atoms with E-state index in [2.05, 4.69) is 10.3 Å². The summed E-state index contributed by atoms with van der Waals surface area (Å²) < 4.78 is 7.21. The van der Waals surface area contributed by atoms with Gasteiger partial charge in [0.15, 0.2) is 4.80 Å². The Balaban J connectivity index is 1.92. The van der Waals surface area contributed by atoms with E-state index in [1.165, 1.54) is 11.3 Å². The van der Waals surface area contributed by atoms with Crippen molar-refractivity contribution in [2.24, 2.45) is 4.99 Å². The van der Waals surface area contributed by atoms with Crippen molar-refractivity contribution in [1.82, 2.24) is 14.8 Å². The summed E-state index contributed by atoms with van der Waals surface area (Å²) in [5, 5.41) is 2.98. The van der Waals surface area contributed by atoms with Crippen LogP contribution in [0.1, 0.15) is 36.9 Å². The number of nitrogens with zero attached hydrogens (tertiary/aromatic N) is 3. The molecular weight excluding hydrogens is 436 g/mol. The number of methoxy groups -OCH3 is 1. The molecule has 0 atom stereocenters. The molecule has 0 spiro atoms. The first kappa shape index (κ1) is 24.4. The quantitative estimate of drug-likeness (QED) is 0.553. The Labute approximate surface area is 198 Å². The minimum Gasteiger partial charge on any atom is -0.497 e. The second-order valence-corrected chi connectivity index (χ2v) is 9.16. The molecule has 0 aliphatic rings. The van der Waals surface area contributed by atoms with Crippen molar-refractivity contribution in [2.75, 3.05) is 34.3 Å². The maximum atomic E-state index is 12.9. The van der Waals surface area contributed by atoms with E-state index in [1.54, 1.807) is 31.4 Å². The van der Waals surface area contributed by atoms with E-state index >= 15 is 0 Å². The lowest BCUT2D eigenvalue weighted by Gasteiger charge is -2.14. The van der Waals surface area contributed by atoms with Crippen LogP contribution in [-0.4, -0.2) is 55.6 Å². The third-order valence-electron chi connectivity index (χ3n) is 5.34. The molecule has 0 aliphatic heterocycles. The highest BCUT2D eigenvalue weighted by Crippen LogP contribution is 2.17. The minimum atomic E-state index is -0.335. The highest BCUT2D eigenvalue weighted by atomic mass is 32.1. The van der Waals surface area contributed by atoms with E-state index in [9.17, 15) is 9.59 Å². The van der Waals surface area contributed by atoms with Gasteiger partial charge in [0.1, 0.15) is 5.75 Å². The maximum Gasteiger partial charge on any atom is 0.279 e. The second kappa shape index (κ2) is 11.1. The number of hydrogen-bond donors (Lipinski definition) is 1. The monoisotopic (exact) mass is 466 g/mol. The van der Waals surface area contributed by atoms with Gasteiger partial charge in [-0.15, -0.1) is 11.3 Å². The number of benzene rings is 2. The Bertz CT molecular complexity index is 1210. The van der Waals surface area contributed by atoms with Crippen LogP contribution in [0.5, 0.6) is 5.75 Å². The number of likely N-dealkylation sites (N-methyl/N-ethyl adjacent to an activating group) is 1. The molecule has 0 saturated carbocycles. The molecule has 174 valence electrons. The largest absolute Gasteiger partial charge is 0.497 e. The van der Waals surface area contributed by atoms with Gasteiger partial charge in [0.25, 0.3) is 11.8 Å². The average molecular weight is 467 g/mol. The molecule has 0 radical (unpaired) electrons. The Morgan fingerprint density at radius 2 is 1.88 bits per heavy atom. The van der Waals surface area contributed by atoms with Crippen LogP contribution in [-0.2, 0) is 6.54 Å². The van der Waals surface area contributed by atoms with Gasteiger partial charge in [0.2, 0.25) is 0 Å². The van der Waals surface area contributed by atoms with Crippen molar-refractivity contribution in [3.63, 3.8) is 0 Å². The van der Waals surface area contributed by atoms with Crippen LogP contribution in [0, 0.1) is 13.8 Å². The standard InChI is InChI=1S/C25H30N4O3S/c1-17-18(2)33-25(27-23(30)19-10-8-11-21(15-19)32-5)29(17)16-20-9-6-7-12-22(20)24(31)26-13-14-28(3)4/h6-12,15H,13-14,16H2,1-5H3,(H,26,31). The molecule has 1 N–H and O–H groups in total. The summed E-state index contributed by atoms with van der Waals surface area (Å²) in [6.45, 7) is 5.78. The third kappa shape index (κ3) is 6.18. The highest BCUT2D eigenvalue weighted by Gasteiger charge is 2.15. The van der Waals surface area contributed by atoms with E-state index in [-0.39, 0.29) is 11.8 Å². The SMILES string of the molecule is COc1cccc(C(=O)N=c2sc(C)c(C)n2Cc2ccccc2C(=O)NCCN(C)C)c1. The number of carbonyl (C=O) groups is 2. The number of aromatic nitrogens is 1. The van der Waals surface area contributed by atoms with Crippen LogP contribution in [0.4, 0.5) is 0 Å². The summed E-state index contributed by atoms with van der Waals surface area (Å²) in [5.74, 6) is 0.166. The predicted molar refractivity (Wildman–Crippen MR) is 131 cm³/mol. The van der Waals surface area contributed by atoms with Crippen LogP contribution in [0.2, 0.25) is 0 Å². The van der Waals surface area contributed by atoms with Crippen molar-refractivity contribution in [3.8, 4) is 5.75 Å². The fourth-order valence-electron chi connectivity index (χ4n) is 3.31. The van der Waals surface area contributed by atoms with Crippen LogP contribution in [0.25, 0.3) is 0 Å². The van der Waals surface area contributed by atoms with Gasteiger partial charge in [0, 0.05) is 34.8 Å². The van der Waals surface area contributed by atoms with Gasteiger partial charge < -0.3 is 19.5 Å². The Hall–Kier alpha value is -3.23. The number of rotatable bonds is 8. The molecule has 3 rings (SSSR count). The van der Waals surface area contributed by atoms with Crippen molar-refractivity contribution < 1.29 is 14.3 Å². The average Bonchev–Trinajstić information content (AvgIpc) is 3.06. The van der Waals surface area contributed by atoms with Crippen molar-refractivity contribution >= 4 is 23.2 Å². The second-order valence-electron chi connectivity index (χ2n) is 7.98. The number of amides is 2. The first-order valence-electron chi connectivity index (χ1n) is 10.7. The molecule has 7 nitrogen and oxygen atoms in total. The van der Waals surface area contributed by atoms with Gasteiger partial charge in [-0.2, -0.15) is 4.99 Å². The molecule has 0 bridgehead atoms. The van der Waals surface area contributed by atoms with Crippen LogP contribution >= 0.6 is 11.3 Å². The zero-order valence-electron chi connectivity index (χ0n) is 19.7. The molecule has 2 amide bonds. The van der Waals surface area contributed by atoms with Gasteiger partial charge in [-0.05, 0) is 57.8 Å². The first-order chi connectivity index (χ1) is 15.8. The summed E-state index contributed by atoms with van der Waals surface area (Å²) in [5.41, 5.74) is 2.97. The summed E-state index contributed by atoms with van der Waals surface area (Å²) in [6.07, 6.45) is 0. The molecule has 8 heteroatoms. The van der Waals surface area contributed by atoms with E-state index in [0.717, 1.165) is 22.7 Å². The smallest absolute Gasteiger partial charge is 0.279 e. The summed E-state index contributed by atoms with van der Waals surface area (Å²) >= 11 is 1.46. The van der Waals surface area contributed by atoms with Crippen molar-refractivity contribution in [3.05, 3.63) is 80.6 Å². The lowest BCUT2D eigenvalue weighted by Crippen LogP contribution is -2.32. The fourth-order valence-corrected chi connectivity index (χ4v) is 4.29. The Morgan fingerprint density at radius 3 is 2.61 bits per heavy atom. The predicted octanol–water partition coefficient (Wildman–Crippen LogP) is 3.26. The molecule has 0 aliphatic carbocycles. The van der Waals surface area contributed by atoms with Gasteiger partial charge in [-0.1, -0.05) is 24.3 Å². The van der Waals surface area contributed by atoms with Crippen LogP contribution in [0.3, 0.4) is 0 Å². The summed E-state index contributed by atoms with van der Waals surface area (Å²) in [4.78, 5) is 33.8. The number of carbonyl (C=O) groups excluding carboxylic acids is 2. The zero-order chi connectivity index (χ0) is 24.0. The van der Waals surface area contributed by atoms with Crippen LogP contribution in [0.15, 0.2) is 53.5 Å². The molecule has 0 saturated heterocycles. The molecule has 3 aromatic rings. The highest BCUT2D eigenvalue weighted by molar-refractivity contribution is 7.09. The Kier molecular flexibility index (Phi) is 8.19. The molecule has 1 aromatic heterocycles.